The maximum absolute atomic E-state index is 12.5. The van der Waals surface area contributed by atoms with Crippen molar-refractivity contribution in [2.75, 3.05) is 17.7 Å². The number of carbonyl (C=O) groups is 2. The zero-order chi connectivity index (χ0) is 18.8. The van der Waals surface area contributed by atoms with Crippen molar-refractivity contribution in [3.05, 3.63) is 54.1 Å². The van der Waals surface area contributed by atoms with E-state index in [1.165, 1.54) is 19.3 Å². The van der Waals surface area contributed by atoms with Crippen LogP contribution in [0.25, 0.3) is 0 Å². The number of benzene rings is 2. The fourth-order valence-electron chi connectivity index (χ4n) is 4.45. The minimum atomic E-state index is -0.217. The van der Waals surface area contributed by atoms with Gasteiger partial charge in [-0.25, -0.2) is 0 Å². The van der Waals surface area contributed by atoms with Crippen LogP contribution in [0.1, 0.15) is 36.0 Å². The van der Waals surface area contributed by atoms with E-state index in [2.05, 4.69) is 10.6 Å². The summed E-state index contributed by atoms with van der Waals surface area (Å²) in [6, 6.07) is 14.3. The van der Waals surface area contributed by atoms with Crippen molar-refractivity contribution in [2.24, 2.45) is 17.8 Å². The number of fused-ring (bicyclic) bond motifs is 2. The van der Waals surface area contributed by atoms with E-state index in [0.29, 0.717) is 22.9 Å². The van der Waals surface area contributed by atoms with Gasteiger partial charge in [-0.15, -0.1) is 0 Å². The second-order valence-electron chi connectivity index (χ2n) is 7.50. The van der Waals surface area contributed by atoms with Gasteiger partial charge in [-0.3, -0.25) is 9.59 Å². The maximum atomic E-state index is 12.5. The number of hydrogen-bond donors (Lipinski definition) is 2. The van der Waals surface area contributed by atoms with Gasteiger partial charge in [0.25, 0.3) is 5.91 Å². The standard InChI is InChI=1S/C22H24N2O3/c1-27-20-5-3-2-4-19(20)24-21(25)15-8-10-17(11-9-15)23-22(26)18-13-14-6-7-16(18)12-14/h2-5,8-11,14,16,18H,6-7,12-13H2,1H3,(H,23,26)(H,24,25)/t14-,16-,18+/m0/s1. The zero-order valence-corrected chi connectivity index (χ0v) is 15.4. The third-order valence-electron chi connectivity index (χ3n) is 5.84. The highest BCUT2D eigenvalue weighted by Gasteiger charge is 2.42. The van der Waals surface area contributed by atoms with E-state index in [9.17, 15) is 9.59 Å². The monoisotopic (exact) mass is 364 g/mol. The molecule has 0 aliphatic heterocycles. The summed E-state index contributed by atoms with van der Waals surface area (Å²) in [5.41, 5.74) is 1.88. The number of anilines is 2. The van der Waals surface area contributed by atoms with E-state index in [1.807, 2.05) is 12.1 Å². The first kappa shape index (κ1) is 17.6. The van der Waals surface area contributed by atoms with Crippen molar-refractivity contribution in [2.45, 2.75) is 25.7 Å². The average Bonchev–Trinajstić information content (AvgIpc) is 3.32. The summed E-state index contributed by atoms with van der Waals surface area (Å²) in [4.78, 5) is 25.0. The molecule has 2 aromatic rings. The predicted octanol–water partition coefficient (Wildman–Crippen LogP) is 4.32. The van der Waals surface area contributed by atoms with Crippen LogP contribution in [-0.4, -0.2) is 18.9 Å². The second-order valence-corrected chi connectivity index (χ2v) is 7.50. The molecule has 2 aliphatic carbocycles. The molecule has 0 saturated heterocycles. The van der Waals surface area contributed by atoms with Crippen LogP contribution in [0.3, 0.4) is 0 Å². The van der Waals surface area contributed by atoms with Gasteiger partial charge in [0, 0.05) is 17.2 Å². The maximum Gasteiger partial charge on any atom is 0.255 e. The summed E-state index contributed by atoms with van der Waals surface area (Å²) < 4.78 is 5.25. The first-order valence-corrected chi connectivity index (χ1v) is 9.49. The van der Waals surface area contributed by atoms with Crippen LogP contribution in [0.2, 0.25) is 0 Å². The predicted molar refractivity (Wildman–Crippen MR) is 105 cm³/mol. The number of carbonyl (C=O) groups excluding carboxylic acids is 2. The van der Waals surface area contributed by atoms with Crippen molar-refractivity contribution in [1.82, 2.24) is 0 Å². The molecular weight excluding hydrogens is 340 g/mol. The van der Waals surface area contributed by atoms with E-state index in [1.54, 1.807) is 43.5 Å². The first-order chi connectivity index (χ1) is 13.1. The van der Waals surface area contributed by atoms with Crippen molar-refractivity contribution >= 4 is 23.2 Å². The summed E-state index contributed by atoms with van der Waals surface area (Å²) in [7, 11) is 1.57. The largest absolute Gasteiger partial charge is 0.495 e. The lowest BCUT2D eigenvalue weighted by Gasteiger charge is -2.20. The van der Waals surface area contributed by atoms with Gasteiger partial charge in [-0.1, -0.05) is 18.6 Å². The average molecular weight is 364 g/mol. The van der Waals surface area contributed by atoms with Crippen LogP contribution in [0.5, 0.6) is 5.75 Å². The Labute approximate surface area is 159 Å². The Balaban J connectivity index is 1.38. The highest BCUT2D eigenvalue weighted by Crippen LogP contribution is 2.48. The van der Waals surface area contributed by atoms with Crippen LogP contribution in [0.4, 0.5) is 11.4 Å². The molecular formula is C22H24N2O3. The normalized spacial score (nSPS) is 23.1. The van der Waals surface area contributed by atoms with E-state index >= 15 is 0 Å². The molecule has 0 radical (unpaired) electrons. The van der Waals surface area contributed by atoms with E-state index < -0.39 is 0 Å². The Kier molecular flexibility index (Phi) is 4.84. The molecule has 2 aromatic carbocycles. The first-order valence-electron chi connectivity index (χ1n) is 9.49. The highest BCUT2D eigenvalue weighted by atomic mass is 16.5. The van der Waals surface area contributed by atoms with E-state index in [-0.39, 0.29) is 17.7 Å². The summed E-state index contributed by atoms with van der Waals surface area (Å²) >= 11 is 0. The van der Waals surface area contributed by atoms with Gasteiger partial charge in [0.2, 0.25) is 5.91 Å². The van der Waals surface area contributed by atoms with E-state index in [4.69, 9.17) is 4.74 Å². The Hall–Kier alpha value is -2.82. The lowest BCUT2D eigenvalue weighted by atomic mass is 9.88. The molecule has 2 bridgehead atoms. The van der Waals surface area contributed by atoms with Gasteiger partial charge >= 0.3 is 0 Å². The Morgan fingerprint density at radius 2 is 1.74 bits per heavy atom. The third-order valence-corrected chi connectivity index (χ3v) is 5.84. The number of amides is 2. The molecule has 0 aromatic heterocycles. The summed E-state index contributed by atoms with van der Waals surface area (Å²) in [5.74, 6) is 1.96. The highest BCUT2D eigenvalue weighted by molar-refractivity contribution is 6.05. The van der Waals surface area contributed by atoms with Crippen LogP contribution >= 0.6 is 0 Å². The van der Waals surface area contributed by atoms with Crippen molar-refractivity contribution in [3.8, 4) is 5.75 Å². The van der Waals surface area contributed by atoms with Crippen molar-refractivity contribution < 1.29 is 14.3 Å². The number of nitrogens with one attached hydrogen (secondary N) is 2. The van der Waals surface area contributed by atoms with E-state index in [0.717, 1.165) is 18.0 Å². The third kappa shape index (κ3) is 3.68. The van der Waals surface area contributed by atoms with Gasteiger partial charge in [0.1, 0.15) is 5.75 Å². The molecule has 0 unspecified atom stereocenters. The second kappa shape index (κ2) is 7.43. The molecule has 5 nitrogen and oxygen atoms in total. The minimum absolute atomic E-state index is 0.119. The number of ether oxygens (including phenoxy) is 1. The zero-order valence-electron chi connectivity index (χ0n) is 15.4. The van der Waals surface area contributed by atoms with Gasteiger partial charge in [0.15, 0.2) is 0 Å². The minimum Gasteiger partial charge on any atom is -0.495 e. The molecule has 0 spiro atoms. The lowest BCUT2D eigenvalue weighted by Crippen LogP contribution is -2.27. The van der Waals surface area contributed by atoms with Crippen molar-refractivity contribution in [3.63, 3.8) is 0 Å². The molecule has 2 fully saturated rings. The molecule has 4 rings (SSSR count). The van der Waals surface area contributed by atoms with Crippen molar-refractivity contribution in [1.29, 1.82) is 0 Å². The summed E-state index contributed by atoms with van der Waals surface area (Å²) in [6.45, 7) is 0. The molecule has 0 heterocycles. The molecule has 2 amide bonds. The Bertz CT molecular complexity index is 847. The van der Waals surface area contributed by atoms with Crippen LogP contribution < -0.4 is 15.4 Å². The molecule has 3 atom stereocenters. The molecule has 140 valence electrons. The molecule has 2 N–H and O–H groups in total. The van der Waals surface area contributed by atoms with Crippen LogP contribution in [0.15, 0.2) is 48.5 Å². The molecule has 27 heavy (non-hydrogen) atoms. The lowest BCUT2D eigenvalue weighted by molar-refractivity contribution is -0.121. The SMILES string of the molecule is COc1ccccc1NC(=O)c1ccc(NC(=O)[C@@H]2C[C@H]3CC[C@H]2C3)cc1. The topological polar surface area (TPSA) is 67.4 Å². The molecule has 2 aliphatic rings. The van der Waals surface area contributed by atoms with Crippen LogP contribution in [0, 0.1) is 17.8 Å². The van der Waals surface area contributed by atoms with Gasteiger partial charge < -0.3 is 15.4 Å². The molecule has 5 heteroatoms. The smallest absolute Gasteiger partial charge is 0.255 e. The van der Waals surface area contributed by atoms with Gasteiger partial charge in [-0.05, 0) is 67.5 Å². The summed E-state index contributed by atoms with van der Waals surface area (Å²) in [6.07, 6.45) is 4.70. The number of methoxy groups -OCH3 is 1. The van der Waals surface area contributed by atoms with Crippen LogP contribution in [-0.2, 0) is 4.79 Å². The Morgan fingerprint density at radius 3 is 2.41 bits per heavy atom. The van der Waals surface area contributed by atoms with Gasteiger partial charge in [0.05, 0.1) is 12.8 Å². The van der Waals surface area contributed by atoms with Gasteiger partial charge in [-0.2, -0.15) is 0 Å². The number of rotatable bonds is 5. The summed E-state index contributed by atoms with van der Waals surface area (Å²) in [5, 5.41) is 5.86. The fraction of sp³-hybridized carbons (Fsp3) is 0.364. The number of para-hydroxylation sites is 2. The Morgan fingerprint density at radius 1 is 0.963 bits per heavy atom. The number of hydrogen-bond acceptors (Lipinski definition) is 3. The quantitative estimate of drug-likeness (QED) is 0.830. The fourth-order valence-corrected chi connectivity index (χ4v) is 4.45. The molecule has 2 saturated carbocycles.